The highest BCUT2D eigenvalue weighted by atomic mass is 15.1. The topological polar surface area (TPSA) is 3.24 Å². The quantitative estimate of drug-likeness (QED) is 0.552. The molecule has 0 saturated carbocycles. The van der Waals surface area contributed by atoms with E-state index in [2.05, 4.69) is 46.2 Å². The first-order chi connectivity index (χ1) is 7.01. The van der Waals surface area contributed by atoms with Crippen LogP contribution in [-0.4, -0.2) is 25.0 Å². The lowest BCUT2D eigenvalue weighted by molar-refractivity contribution is 0.248. The summed E-state index contributed by atoms with van der Waals surface area (Å²) in [7, 11) is 2.17. The summed E-state index contributed by atoms with van der Waals surface area (Å²) in [5, 5.41) is 0. The van der Waals surface area contributed by atoms with Crippen molar-refractivity contribution in [2.24, 2.45) is 17.8 Å². The van der Waals surface area contributed by atoms with E-state index >= 15 is 0 Å². The fourth-order valence-electron chi connectivity index (χ4n) is 2.17. The summed E-state index contributed by atoms with van der Waals surface area (Å²) < 4.78 is 0. The summed E-state index contributed by atoms with van der Waals surface area (Å²) in [6, 6.07) is 0. The van der Waals surface area contributed by atoms with Crippen LogP contribution in [0.3, 0.4) is 0 Å². The summed E-state index contributed by atoms with van der Waals surface area (Å²) in [4.78, 5) is 2.35. The SMILES string of the molecule is C=CCN(C)CC(C)CC(C)C(C)CC. The number of hydrogen-bond acceptors (Lipinski definition) is 1. The Balaban J connectivity index is 3.81. The Hall–Kier alpha value is -0.300. The minimum absolute atomic E-state index is 0.791. The molecule has 0 aliphatic heterocycles. The normalized spacial score (nSPS) is 17.5. The fourth-order valence-corrected chi connectivity index (χ4v) is 2.17. The molecule has 0 N–H and O–H groups in total. The van der Waals surface area contributed by atoms with Crippen molar-refractivity contribution in [2.45, 2.75) is 40.5 Å². The number of rotatable bonds is 8. The van der Waals surface area contributed by atoms with Crippen LogP contribution in [0, 0.1) is 17.8 Å². The van der Waals surface area contributed by atoms with E-state index < -0.39 is 0 Å². The third kappa shape index (κ3) is 6.72. The van der Waals surface area contributed by atoms with E-state index in [9.17, 15) is 0 Å². The van der Waals surface area contributed by atoms with Crippen LogP contribution in [-0.2, 0) is 0 Å². The first-order valence-corrected chi connectivity index (χ1v) is 6.30. The van der Waals surface area contributed by atoms with Crippen molar-refractivity contribution in [1.82, 2.24) is 4.90 Å². The maximum absolute atomic E-state index is 3.77. The van der Waals surface area contributed by atoms with Crippen LogP contribution in [0.1, 0.15) is 40.5 Å². The molecule has 0 aromatic rings. The van der Waals surface area contributed by atoms with Crippen molar-refractivity contribution >= 4 is 0 Å². The zero-order valence-electron chi connectivity index (χ0n) is 11.3. The molecule has 15 heavy (non-hydrogen) atoms. The number of likely N-dealkylation sites (N-methyl/N-ethyl adjacent to an activating group) is 1. The van der Waals surface area contributed by atoms with E-state index in [1.807, 2.05) is 6.08 Å². The van der Waals surface area contributed by atoms with Crippen LogP contribution in [0.2, 0.25) is 0 Å². The highest BCUT2D eigenvalue weighted by Gasteiger charge is 2.14. The molecule has 1 heteroatoms. The summed E-state index contributed by atoms with van der Waals surface area (Å²) in [6.45, 7) is 15.4. The van der Waals surface area contributed by atoms with Gasteiger partial charge >= 0.3 is 0 Å². The summed E-state index contributed by atoms with van der Waals surface area (Å²) in [5.41, 5.74) is 0. The fraction of sp³-hybridized carbons (Fsp3) is 0.857. The molecule has 0 fully saturated rings. The molecule has 0 radical (unpaired) electrons. The maximum Gasteiger partial charge on any atom is 0.0157 e. The average molecular weight is 211 g/mol. The van der Waals surface area contributed by atoms with Gasteiger partial charge in [-0.2, -0.15) is 0 Å². The zero-order chi connectivity index (χ0) is 11.8. The van der Waals surface area contributed by atoms with Gasteiger partial charge in [0.05, 0.1) is 0 Å². The monoisotopic (exact) mass is 211 g/mol. The Morgan fingerprint density at radius 3 is 2.27 bits per heavy atom. The second-order valence-corrected chi connectivity index (χ2v) is 5.21. The van der Waals surface area contributed by atoms with E-state index in [1.54, 1.807) is 0 Å². The Labute approximate surface area is 96.6 Å². The molecule has 0 amide bonds. The molecule has 0 aliphatic rings. The van der Waals surface area contributed by atoms with E-state index in [-0.39, 0.29) is 0 Å². The molecule has 0 aliphatic carbocycles. The zero-order valence-corrected chi connectivity index (χ0v) is 11.3. The molecule has 0 rings (SSSR count). The third-order valence-corrected chi connectivity index (χ3v) is 3.45. The smallest absolute Gasteiger partial charge is 0.0157 e. The second-order valence-electron chi connectivity index (χ2n) is 5.21. The molecule has 0 heterocycles. The summed E-state index contributed by atoms with van der Waals surface area (Å²) in [5.74, 6) is 2.50. The maximum atomic E-state index is 3.77. The van der Waals surface area contributed by atoms with Crippen molar-refractivity contribution in [3.05, 3.63) is 12.7 Å². The molecule has 3 unspecified atom stereocenters. The summed E-state index contributed by atoms with van der Waals surface area (Å²) >= 11 is 0. The van der Waals surface area contributed by atoms with Crippen LogP contribution >= 0.6 is 0 Å². The van der Waals surface area contributed by atoms with Crippen LogP contribution in [0.25, 0.3) is 0 Å². The molecule has 90 valence electrons. The third-order valence-electron chi connectivity index (χ3n) is 3.45. The summed E-state index contributed by atoms with van der Waals surface area (Å²) in [6.07, 6.45) is 4.62. The van der Waals surface area contributed by atoms with E-state index in [0.717, 1.165) is 24.3 Å². The van der Waals surface area contributed by atoms with Gasteiger partial charge in [-0.05, 0) is 31.2 Å². The van der Waals surface area contributed by atoms with Crippen LogP contribution in [0.15, 0.2) is 12.7 Å². The predicted molar refractivity (Wildman–Crippen MR) is 70.1 cm³/mol. The molecule has 0 aromatic carbocycles. The molecular formula is C14H29N. The molecule has 0 saturated heterocycles. The lowest BCUT2D eigenvalue weighted by Crippen LogP contribution is -2.26. The Bertz CT molecular complexity index is 165. The van der Waals surface area contributed by atoms with Crippen LogP contribution in [0.5, 0.6) is 0 Å². The Morgan fingerprint density at radius 1 is 1.20 bits per heavy atom. The van der Waals surface area contributed by atoms with Crippen molar-refractivity contribution < 1.29 is 0 Å². The van der Waals surface area contributed by atoms with Gasteiger partial charge in [-0.25, -0.2) is 0 Å². The molecular weight excluding hydrogens is 182 g/mol. The van der Waals surface area contributed by atoms with Gasteiger partial charge in [0.1, 0.15) is 0 Å². The molecule has 3 atom stereocenters. The predicted octanol–water partition coefficient (Wildman–Crippen LogP) is 3.81. The highest BCUT2D eigenvalue weighted by Crippen LogP contribution is 2.22. The lowest BCUT2D eigenvalue weighted by Gasteiger charge is -2.25. The standard InChI is InChI=1S/C14H29N/c1-7-9-15(6)11-12(3)10-14(5)13(4)8-2/h7,12-14H,1,8-11H2,2-6H3. The van der Waals surface area contributed by atoms with Gasteiger partial charge in [0.2, 0.25) is 0 Å². The minimum atomic E-state index is 0.791. The Morgan fingerprint density at radius 2 is 1.80 bits per heavy atom. The highest BCUT2D eigenvalue weighted by molar-refractivity contribution is 4.73. The van der Waals surface area contributed by atoms with Gasteiger partial charge in [-0.1, -0.05) is 40.2 Å². The van der Waals surface area contributed by atoms with Gasteiger partial charge in [0.15, 0.2) is 0 Å². The Kier molecular flexibility index (Phi) is 7.76. The second kappa shape index (κ2) is 7.92. The molecule has 0 bridgehead atoms. The average Bonchev–Trinajstić information content (AvgIpc) is 2.16. The van der Waals surface area contributed by atoms with Gasteiger partial charge in [0, 0.05) is 13.1 Å². The number of nitrogens with zero attached hydrogens (tertiary/aromatic N) is 1. The molecule has 0 spiro atoms. The van der Waals surface area contributed by atoms with Gasteiger partial charge < -0.3 is 4.90 Å². The lowest BCUT2D eigenvalue weighted by atomic mass is 9.86. The van der Waals surface area contributed by atoms with Crippen LogP contribution in [0.4, 0.5) is 0 Å². The van der Waals surface area contributed by atoms with E-state index in [4.69, 9.17) is 0 Å². The van der Waals surface area contributed by atoms with Crippen molar-refractivity contribution in [1.29, 1.82) is 0 Å². The first kappa shape index (κ1) is 14.7. The minimum Gasteiger partial charge on any atom is -0.302 e. The van der Waals surface area contributed by atoms with E-state index in [1.165, 1.54) is 19.4 Å². The van der Waals surface area contributed by atoms with Crippen molar-refractivity contribution in [2.75, 3.05) is 20.1 Å². The van der Waals surface area contributed by atoms with Crippen LogP contribution < -0.4 is 0 Å². The molecule has 0 aromatic heterocycles. The first-order valence-electron chi connectivity index (χ1n) is 6.30. The largest absolute Gasteiger partial charge is 0.302 e. The number of hydrogen-bond donors (Lipinski definition) is 0. The van der Waals surface area contributed by atoms with Gasteiger partial charge in [-0.3, -0.25) is 0 Å². The van der Waals surface area contributed by atoms with E-state index in [0.29, 0.717) is 0 Å². The van der Waals surface area contributed by atoms with Crippen molar-refractivity contribution in [3.8, 4) is 0 Å². The van der Waals surface area contributed by atoms with Gasteiger partial charge in [-0.15, -0.1) is 6.58 Å². The molecule has 1 nitrogen and oxygen atoms in total. The van der Waals surface area contributed by atoms with Crippen molar-refractivity contribution in [3.63, 3.8) is 0 Å². The van der Waals surface area contributed by atoms with Gasteiger partial charge in [0.25, 0.3) is 0 Å².